The van der Waals surface area contributed by atoms with Crippen molar-refractivity contribution >= 4 is 11.8 Å². The van der Waals surface area contributed by atoms with Crippen LogP contribution >= 0.6 is 0 Å². The van der Waals surface area contributed by atoms with Crippen LogP contribution < -0.4 is 10.1 Å². The summed E-state index contributed by atoms with van der Waals surface area (Å²) < 4.78 is 10.4. The molecule has 2 aromatic rings. The molecule has 1 N–H and O–H groups in total. The van der Waals surface area contributed by atoms with Crippen LogP contribution in [0.25, 0.3) is 0 Å². The van der Waals surface area contributed by atoms with E-state index in [1.54, 1.807) is 36.3 Å². The molecule has 1 unspecified atom stereocenters. The predicted octanol–water partition coefficient (Wildman–Crippen LogP) is 2.03. The van der Waals surface area contributed by atoms with E-state index in [-0.39, 0.29) is 11.8 Å². The summed E-state index contributed by atoms with van der Waals surface area (Å²) in [4.78, 5) is 27.4. The van der Waals surface area contributed by atoms with Crippen LogP contribution in [0.15, 0.2) is 54.6 Å². The molecule has 0 aromatic heterocycles. The largest absolute Gasteiger partial charge is 0.497 e. The number of amides is 2. The molecular weight excluding hydrogens is 332 g/mol. The number of carbonyl (C=O) groups excluding carboxylic acids is 2. The lowest BCUT2D eigenvalue weighted by Gasteiger charge is -2.31. The molecule has 0 saturated carbocycles. The third-order valence-electron chi connectivity index (χ3n) is 4.33. The molecule has 0 radical (unpaired) electrons. The Bertz CT molecular complexity index is 740. The maximum Gasteiger partial charge on any atom is 0.252 e. The Labute approximate surface area is 152 Å². The average Bonchev–Trinajstić information content (AvgIpc) is 2.72. The van der Waals surface area contributed by atoms with Gasteiger partial charge in [-0.1, -0.05) is 30.3 Å². The Morgan fingerprint density at radius 2 is 1.69 bits per heavy atom. The van der Waals surface area contributed by atoms with Crippen LogP contribution in [0.1, 0.15) is 22.0 Å². The number of benzene rings is 2. The number of methoxy groups -OCH3 is 1. The highest BCUT2D eigenvalue weighted by molar-refractivity contribution is 5.98. The van der Waals surface area contributed by atoms with E-state index >= 15 is 0 Å². The molecule has 2 aromatic carbocycles. The second-order valence-electron chi connectivity index (χ2n) is 5.98. The summed E-state index contributed by atoms with van der Waals surface area (Å²) >= 11 is 0. The van der Waals surface area contributed by atoms with Crippen molar-refractivity contribution in [1.29, 1.82) is 0 Å². The van der Waals surface area contributed by atoms with E-state index in [0.717, 1.165) is 5.56 Å². The quantitative estimate of drug-likeness (QED) is 0.892. The summed E-state index contributed by atoms with van der Waals surface area (Å²) in [6, 6.07) is 15.3. The smallest absolute Gasteiger partial charge is 0.252 e. The maximum absolute atomic E-state index is 13.0. The summed E-state index contributed by atoms with van der Waals surface area (Å²) in [5, 5.41) is 2.87. The third kappa shape index (κ3) is 4.21. The number of carbonyl (C=O) groups is 2. The molecule has 0 spiro atoms. The van der Waals surface area contributed by atoms with Gasteiger partial charge in [-0.2, -0.15) is 0 Å². The van der Waals surface area contributed by atoms with Crippen LogP contribution in [0.3, 0.4) is 0 Å². The molecule has 1 heterocycles. The van der Waals surface area contributed by atoms with Crippen molar-refractivity contribution in [3.05, 3.63) is 65.7 Å². The average molecular weight is 354 g/mol. The number of rotatable bonds is 5. The van der Waals surface area contributed by atoms with E-state index in [1.807, 2.05) is 30.3 Å². The highest BCUT2D eigenvalue weighted by atomic mass is 16.5. The fraction of sp³-hybridized carbons (Fsp3) is 0.300. The van der Waals surface area contributed by atoms with Crippen molar-refractivity contribution in [3.63, 3.8) is 0 Å². The molecule has 1 atom stereocenters. The molecule has 1 aliphatic rings. The molecule has 6 nitrogen and oxygen atoms in total. The number of hydrogen-bond acceptors (Lipinski definition) is 4. The molecule has 1 fully saturated rings. The van der Waals surface area contributed by atoms with Gasteiger partial charge in [-0.25, -0.2) is 0 Å². The van der Waals surface area contributed by atoms with Crippen LogP contribution in [0, 0.1) is 0 Å². The monoisotopic (exact) mass is 354 g/mol. The van der Waals surface area contributed by atoms with Crippen molar-refractivity contribution in [3.8, 4) is 5.75 Å². The summed E-state index contributed by atoms with van der Waals surface area (Å²) in [5.41, 5.74) is 1.23. The van der Waals surface area contributed by atoms with Crippen molar-refractivity contribution in [1.82, 2.24) is 10.2 Å². The van der Waals surface area contributed by atoms with Crippen LogP contribution in [0.5, 0.6) is 5.75 Å². The van der Waals surface area contributed by atoms with Gasteiger partial charge >= 0.3 is 0 Å². The van der Waals surface area contributed by atoms with Crippen LogP contribution in [-0.4, -0.2) is 50.1 Å². The first-order valence-corrected chi connectivity index (χ1v) is 8.55. The normalized spacial score (nSPS) is 15.2. The number of ether oxygens (including phenoxy) is 2. The number of nitrogens with zero attached hydrogens (tertiary/aromatic N) is 1. The fourth-order valence-electron chi connectivity index (χ4n) is 2.86. The summed E-state index contributed by atoms with van der Waals surface area (Å²) in [7, 11) is 1.57. The zero-order valence-corrected chi connectivity index (χ0v) is 14.7. The van der Waals surface area contributed by atoms with Gasteiger partial charge in [0.15, 0.2) is 0 Å². The molecular formula is C20H22N2O4. The van der Waals surface area contributed by atoms with Crippen LogP contribution in [-0.2, 0) is 9.53 Å². The third-order valence-corrected chi connectivity index (χ3v) is 4.33. The van der Waals surface area contributed by atoms with Crippen molar-refractivity contribution in [2.45, 2.75) is 6.04 Å². The zero-order chi connectivity index (χ0) is 18.4. The van der Waals surface area contributed by atoms with Gasteiger partial charge in [0.1, 0.15) is 11.8 Å². The zero-order valence-electron chi connectivity index (χ0n) is 14.7. The number of morpholine rings is 1. The summed E-state index contributed by atoms with van der Waals surface area (Å²) in [5.74, 6) is 0.245. The first-order chi connectivity index (χ1) is 12.7. The van der Waals surface area contributed by atoms with Gasteiger partial charge < -0.3 is 19.7 Å². The summed E-state index contributed by atoms with van der Waals surface area (Å²) in [6.07, 6.45) is 0. The molecule has 26 heavy (non-hydrogen) atoms. The van der Waals surface area contributed by atoms with E-state index < -0.39 is 6.04 Å². The van der Waals surface area contributed by atoms with Gasteiger partial charge in [0, 0.05) is 18.7 Å². The molecule has 1 aliphatic heterocycles. The second kappa shape index (κ2) is 8.49. The van der Waals surface area contributed by atoms with Gasteiger partial charge in [-0.3, -0.25) is 9.59 Å². The molecule has 3 rings (SSSR count). The van der Waals surface area contributed by atoms with Gasteiger partial charge in [0.25, 0.3) is 5.91 Å². The lowest BCUT2D eigenvalue weighted by molar-refractivity contribution is -0.137. The van der Waals surface area contributed by atoms with Gasteiger partial charge in [-0.05, 0) is 29.8 Å². The summed E-state index contributed by atoms with van der Waals surface area (Å²) in [6.45, 7) is 2.08. The first kappa shape index (κ1) is 17.9. The fourth-order valence-corrected chi connectivity index (χ4v) is 2.86. The highest BCUT2D eigenvalue weighted by Crippen LogP contribution is 2.18. The van der Waals surface area contributed by atoms with E-state index in [1.165, 1.54) is 0 Å². The Morgan fingerprint density at radius 1 is 1.04 bits per heavy atom. The van der Waals surface area contributed by atoms with Crippen molar-refractivity contribution in [2.24, 2.45) is 0 Å². The second-order valence-corrected chi connectivity index (χ2v) is 5.98. The molecule has 0 bridgehead atoms. The number of nitrogens with one attached hydrogen (secondary N) is 1. The standard InChI is InChI=1S/C20H22N2O4/c1-25-17-9-7-16(8-10-17)19(23)21-18(15-5-3-2-4-6-15)20(24)22-11-13-26-14-12-22/h2-10,18H,11-14H2,1H3,(H,21,23). The Morgan fingerprint density at radius 3 is 2.31 bits per heavy atom. The van der Waals surface area contributed by atoms with Crippen molar-refractivity contribution in [2.75, 3.05) is 33.4 Å². The van der Waals surface area contributed by atoms with Gasteiger partial charge in [0.05, 0.1) is 20.3 Å². The SMILES string of the molecule is COc1ccc(C(=O)NC(C(=O)N2CCOCC2)c2ccccc2)cc1. The molecule has 6 heteroatoms. The minimum atomic E-state index is -0.732. The van der Waals surface area contributed by atoms with Crippen molar-refractivity contribution < 1.29 is 19.1 Å². The lowest BCUT2D eigenvalue weighted by atomic mass is 10.0. The maximum atomic E-state index is 13.0. The predicted molar refractivity (Wildman–Crippen MR) is 97.0 cm³/mol. The minimum absolute atomic E-state index is 0.124. The Balaban J connectivity index is 1.80. The molecule has 1 saturated heterocycles. The van der Waals surface area contributed by atoms with E-state index in [4.69, 9.17) is 9.47 Å². The van der Waals surface area contributed by atoms with Crippen LogP contribution in [0.4, 0.5) is 0 Å². The molecule has 2 amide bonds. The van der Waals surface area contributed by atoms with E-state index in [2.05, 4.69) is 5.32 Å². The van der Waals surface area contributed by atoms with E-state index in [0.29, 0.717) is 37.6 Å². The highest BCUT2D eigenvalue weighted by Gasteiger charge is 2.28. The Hall–Kier alpha value is -2.86. The minimum Gasteiger partial charge on any atom is -0.497 e. The first-order valence-electron chi connectivity index (χ1n) is 8.55. The topological polar surface area (TPSA) is 67.9 Å². The lowest BCUT2D eigenvalue weighted by Crippen LogP contribution is -2.47. The van der Waals surface area contributed by atoms with E-state index in [9.17, 15) is 9.59 Å². The van der Waals surface area contributed by atoms with Gasteiger partial charge in [-0.15, -0.1) is 0 Å². The van der Waals surface area contributed by atoms with Crippen LogP contribution in [0.2, 0.25) is 0 Å². The number of hydrogen-bond donors (Lipinski definition) is 1. The Kier molecular flexibility index (Phi) is 5.86. The van der Waals surface area contributed by atoms with Gasteiger partial charge in [0.2, 0.25) is 5.91 Å². The molecule has 136 valence electrons. The molecule has 0 aliphatic carbocycles.